The lowest BCUT2D eigenvalue weighted by molar-refractivity contribution is 0.281. The third-order valence-corrected chi connectivity index (χ3v) is 6.56. The van der Waals surface area contributed by atoms with Gasteiger partial charge in [-0.25, -0.2) is 0 Å². The molecule has 0 aliphatic heterocycles. The molecule has 4 heteroatoms. The van der Waals surface area contributed by atoms with E-state index < -0.39 is 5.41 Å². The van der Waals surface area contributed by atoms with Crippen LogP contribution in [0.2, 0.25) is 0 Å². The van der Waals surface area contributed by atoms with Gasteiger partial charge in [-0.2, -0.15) is 0 Å². The molecule has 0 radical (unpaired) electrons. The SMILES string of the molecule is OCc1ccc(CC(c2ccc(CO)cc2)(c2ccc(CO)cc2)c2ccc(CO)cc2)cc1. The zero-order chi connectivity index (χ0) is 24.0. The van der Waals surface area contributed by atoms with Crippen LogP contribution < -0.4 is 0 Å². The van der Waals surface area contributed by atoms with E-state index in [0.29, 0.717) is 6.42 Å². The molecule has 0 saturated carbocycles. The first-order valence-electron chi connectivity index (χ1n) is 11.4. The molecule has 0 bridgehead atoms. The summed E-state index contributed by atoms with van der Waals surface area (Å²) in [4.78, 5) is 0. The fourth-order valence-corrected chi connectivity index (χ4v) is 4.56. The Morgan fingerprint density at radius 2 is 0.588 bits per heavy atom. The fraction of sp³-hybridized carbons (Fsp3) is 0.200. The molecule has 0 amide bonds. The van der Waals surface area contributed by atoms with Gasteiger partial charge in [-0.1, -0.05) is 97.1 Å². The van der Waals surface area contributed by atoms with Crippen molar-refractivity contribution in [1.29, 1.82) is 0 Å². The average Bonchev–Trinajstić information content (AvgIpc) is 2.92. The predicted octanol–water partition coefficient (Wildman–Crippen LogP) is 4.23. The molecule has 0 aromatic heterocycles. The minimum Gasteiger partial charge on any atom is -0.392 e. The second-order valence-electron chi connectivity index (χ2n) is 8.62. The van der Waals surface area contributed by atoms with Gasteiger partial charge in [-0.15, -0.1) is 0 Å². The molecule has 0 heterocycles. The quantitative estimate of drug-likeness (QED) is 0.285. The van der Waals surface area contributed by atoms with Crippen LogP contribution in [0, 0.1) is 0 Å². The lowest BCUT2D eigenvalue weighted by Gasteiger charge is -2.37. The lowest BCUT2D eigenvalue weighted by atomic mass is 9.65. The van der Waals surface area contributed by atoms with Crippen LogP contribution >= 0.6 is 0 Å². The van der Waals surface area contributed by atoms with E-state index in [9.17, 15) is 20.4 Å². The maximum absolute atomic E-state index is 9.60. The highest BCUT2D eigenvalue weighted by Crippen LogP contribution is 2.42. The standard InChI is InChI=1S/C30H30O4/c31-18-23-3-1-22(2-4-23)17-30(27-11-5-24(19-32)6-12-27,28-13-7-25(20-33)8-14-28)29-15-9-26(21-34)10-16-29/h1-16,31-34H,17-21H2. The summed E-state index contributed by atoms with van der Waals surface area (Å²) in [7, 11) is 0. The first-order chi connectivity index (χ1) is 16.6. The highest BCUT2D eigenvalue weighted by atomic mass is 16.3. The molecule has 174 valence electrons. The molecule has 0 atom stereocenters. The Bertz CT molecular complexity index is 1060. The van der Waals surface area contributed by atoms with Crippen molar-refractivity contribution in [1.82, 2.24) is 0 Å². The number of benzene rings is 4. The molecule has 4 rings (SSSR count). The Morgan fingerprint density at radius 1 is 0.353 bits per heavy atom. The van der Waals surface area contributed by atoms with Crippen LogP contribution in [0.3, 0.4) is 0 Å². The van der Waals surface area contributed by atoms with Gasteiger partial charge < -0.3 is 20.4 Å². The van der Waals surface area contributed by atoms with Gasteiger partial charge in [0.15, 0.2) is 0 Å². The molecular formula is C30H30O4. The van der Waals surface area contributed by atoms with Crippen molar-refractivity contribution in [3.05, 3.63) is 142 Å². The van der Waals surface area contributed by atoms with Gasteiger partial charge in [0, 0.05) is 5.41 Å². The molecule has 4 nitrogen and oxygen atoms in total. The summed E-state index contributed by atoms with van der Waals surface area (Å²) in [6.07, 6.45) is 0.661. The molecule has 4 aromatic rings. The highest BCUT2D eigenvalue weighted by Gasteiger charge is 2.36. The summed E-state index contributed by atoms with van der Waals surface area (Å²) in [6.45, 7) is -0.0653. The van der Waals surface area contributed by atoms with Crippen LogP contribution in [-0.2, 0) is 38.3 Å². The zero-order valence-corrected chi connectivity index (χ0v) is 19.1. The van der Waals surface area contributed by atoms with Crippen molar-refractivity contribution in [2.75, 3.05) is 0 Å². The largest absolute Gasteiger partial charge is 0.392 e. The van der Waals surface area contributed by atoms with Gasteiger partial charge in [-0.3, -0.25) is 0 Å². The van der Waals surface area contributed by atoms with E-state index in [2.05, 4.69) is 36.4 Å². The smallest absolute Gasteiger partial charge is 0.0681 e. The van der Waals surface area contributed by atoms with Crippen LogP contribution in [0.15, 0.2) is 97.1 Å². The van der Waals surface area contributed by atoms with Crippen LogP contribution in [-0.4, -0.2) is 20.4 Å². The maximum Gasteiger partial charge on any atom is 0.0681 e. The maximum atomic E-state index is 9.60. The van der Waals surface area contributed by atoms with Crippen LogP contribution in [0.25, 0.3) is 0 Å². The molecule has 0 aliphatic rings. The molecule has 0 fully saturated rings. The topological polar surface area (TPSA) is 80.9 Å². The highest BCUT2D eigenvalue weighted by molar-refractivity contribution is 5.53. The van der Waals surface area contributed by atoms with Crippen molar-refractivity contribution in [2.45, 2.75) is 38.3 Å². The van der Waals surface area contributed by atoms with Crippen molar-refractivity contribution in [3.63, 3.8) is 0 Å². The van der Waals surface area contributed by atoms with Crippen molar-refractivity contribution >= 4 is 0 Å². The van der Waals surface area contributed by atoms with E-state index in [-0.39, 0.29) is 26.4 Å². The molecule has 4 N–H and O–H groups in total. The minimum absolute atomic E-state index is 0.000706. The van der Waals surface area contributed by atoms with E-state index >= 15 is 0 Å². The second-order valence-corrected chi connectivity index (χ2v) is 8.62. The average molecular weight is 455 g/mol. The summed E-state index contributed by atoms with van der Waals surface area (Å²) in [6, 6.07) is 32.0. The van der Waals surface area contributed by atoms with Crippen molar-refractivity contribution < 1.29 is 20.4 Å². The molecule has 4 aromatic carbocycles. The number of hydrogen-bond donors (Lipinski definition) is 4. The third-order valence-electron chi connectivity index (χ3n) is 6.56. The van der Waals surface area contributed by atoms with Gasteiger partial charge in [-0.05, 0) is 50.9 Å². The summed E-state index contributed by atoms with van der Waals surface area (Å²) >= 11 is 0. The van der Waals surface area contributed by atoms with Gasteiger partial charge in [0.05, 0.1) is 26.4 Å². The monoisotopic (exact) mass is 454 g/mol. The second kappa shape index (κ2) is 10.8. The van der Waals surface area contributed by atoms with Crippen LogP contribution in [0.4, 0.5) is 0 Å². The fourth-order valence-electron chi connectivity index (χ4n) is 4.56. The first kappa shape index (κ1) is 23.9. The van der Waals surface area contributed by atoms with Crippen molar-refractivity contribution in [2.24, 2.45) is 0 Å². The van der Waals surface area contributed by atoms with Gasteiger partial charge in [0.2, 0.25) is 0 Å². The van der Waals surface area contributed by atoms with E-state index in [1.54, 1.807) is 0 Å². The Morgan fingerprint density at radius 3 is 0.853 bits per heavy atom. The van der Waals surface area contributed by atoms with Crippen molar-refractivity contribution in [3.8, 4) is 0 Å². The Hall–Kier alpha value is -3.28. The number of aliphatic hydroxyl groups excluding tert-OH is 4. The first-order valence-corrected chi connectivity index (χ1v) is 11.4. The summed E-state index contributed by atoms with van der Waals surface area (Å²) in [5.74, 6) is 0. The van der Waals surface area contributed by atoms with E-state index in [0.717, 1.165) is 44.5 Å². The number of aliphatic hydroxyl groups is 4. The molecule has 0 unspecified atom stereocenters. The lowest BCUT2D eigenvalue weighted by Crippen LogP contribution is -2.32. The summed E-state index contributed by atoms with van der Waals surface area (Å²) in [5.41, 5.74) is 7.17. The summed E-state index contributed by atoms with van der Waals surface area (Å²) in [5, 5.41) is 38.3. The minimum atomic E-state index is -0.559. The Labute approximate surface area is 200 Å². The van der Waals surface area contributed by atoms with Crippen LogP contribution in [0.5, 0.6) is 0 Å². The van der Waals surface area contributed by atoms with E-state index in [4.69, 9.17) is 0 Å². The number of hydrogen-bond acceptors (Lipinski definition) is 4. The number of rotatable bonds is 9. The Kier molecular flexibility index (Phi) is 7.56. The zero-order valence-electron chi connectivity index (χ0n) is 19.1. The van der Waals surface area contributed by atoms with Gasteiger partial charge in [0.25, 0.3) is 0 Å². The molecule has 0 aliphatic carbocycles. The molecular weight excluding hydrogens is 424 g/mol. The third kappa shape index (κ3) is 4.81. The van der Waals surface area contributed by atoms with E-state index in [1.165, 1.54) is 0 Å². The summed E-state index contributed by atoms with van der Waals surface area (Å²) < 4.78 is 0. The van der Waals surface area contributed by atoms with Gasteiger partial charge in [0.1, 0.15) is 0 Å². The molecule has 0 spiro atoms. The van der Waals surface area contributed by atoms with E-state index in [1.807, 2.05) is 60.7 Å². The predicted molar refractivity (Wildman–Crippen MR) is 133 cm³/mol. The Balaban J connectivity index is 1.96. The van der Waals surface area contributed by atoms with Crippen LogP contribution in [0.1, 0.15) is 44.5 Å². The molecule has 34 heavy (non-hydrogen) atoms. The normalized spacial score (nSPS) is 11.5. The molecule has 0 saturated heterocycles. The van der Waals surface area contributed by atoms with Gasteiger partial charge >= 0.3 is 0 Å².